The molecule has 34 heavy (non-hydrogen) atoms. The normalized spacial score (nSPS) is 13.9. The lowest BCUT2D eigenvalue weighted by molar-refractivity contribution is -0.131. The number of benzene rings is 2. The Hall–Kier alpha value is -3.48. The van der Waals surface area contributed by atoms with Crippen LogP contribution in [-0.2, 0) is 26.0 Å². The summed E-state index contributed by atoms with van der Waals surface area (Å²) < 4.78 is 28.2. The summed E-state index contributed by atoms with van der Waals surface area (Å²) in [5, 5.41) is 2.49. The van der Waals surface area contributed by atoms with Crippen molar-refractivity contribution in [3.8, 4) is 0 Å². The van der Waals surface area contributed by atoms with E-state index in [4.69, 9.17) is 22.9 Å². The van der Waals surface area contributed by atoms with Crippen LogP contribution in [-0.4, -0.2) is 44.4 Å². The quantitative estimate of drug-likeness (QED) is 0.0966. The lowest BCUT2D eigenvalue weighted by atomic mass is 10.0. The van der Waals surface area contributed by atoms with E-state index in [2.05, 4.69) is 15.0 Å². The number of hydrogen-bond donors (Lipinski definition) is 6. The molecule has 0 aliphatic carbocycles. The molecule has 0 saturated heterocycles. The molecule has 0 saturated carbocycles. The molecule has 0 aliphatic rings. The first-order valence-electron chi connectivity index (χ1n) is 10.5. The van der Waals surface area contributed by atoms with Crippen molar-refractivity contribution in [3.05, 3.63) is 65.7 Å². The van der Waals surface area contributed by atoms with Gasteiger partial charge in [0, 0.05) is 13.0 Å². The zero-order chi connectivity index (χ0) is 25.4. The van der Waals surface area contributed by atoms with Gasteiger partial charge in [-0.25, -0.2) is 8.42 Å². The topological polar surface area (TPSA) is 209 Å². The lowest BCUT2D eigenvalue weighted by Crippen LogP contribution is -2.67. The Kier molecular flexibility index (Phi) is 9.12. The van der Waals surface area contributed by atoms with Gasteiger partial charge < -0.3 is 28.3 Å². The molecule has 0 spiro atoms. The third kappa shape index (κ3) is 7.83. The van der Waals surface area contributed by atoms with Crippen molar-refractivity contribution in [1.82, 2.24) is 10.0 Å². The molecule has 0 bridgehead atoms. The van der Waals surface area contributed by atoms with Crippen LogP contribution in [0.2, 0.25) is 0 Å². The molecule has 12 heteroatoms. The van der Waals surface area contributed by atoms with Gasteiger partial charge in [-0.2, -0.15) is 4.72 Å². The Balaban J connectivity index is 2.29. The number of amides is 2. The molecular weight excluding hydrogens is 458 g/mol. The molecule has 2 rings (SSSR count). The number of aliphatic imine (C=N–C) groups is 1. The van der Waals surface area contributed by atoms with Crippen LogP contribution >= 0.6 is 0 Å². The van der Waals surface area contributed by atoms with Crippen LogP contribution in [0.4, 0.5) is 0 Å². The minimum atomic E-state index is -4.19. The first-order valence-corrected chi connectivity index (χ1v) is 12.0. The Morgan fingerprint density at radius 1 is 1.03 bits per heavy atom. The Bertz CT molecular complexity index is 1120. The molecule has 184 valence electrons. The second-order valence-electron chi connectivity index (χ2n) is 7.92. The summed E-state index contributed by atoms with van der Waals surface area (Å²) >= 11 is 0. The number of nitrogens with zero attached hydrogens (tertiary/aromatic N) is 1. The van der Waals surface area contributed by atoms with E-state index < -0.39 is 33.5 Å². The summed E-state index contributed by atoms with van der Waals surface area (Å²) in [6.07, 6.45) is 0.131. The number of nitrogens with one attached hydrogen (secondary N) is 2. The fourth-order valence-corrected chi connectivity index (χ4v) is 4.44. The number of hydrogen-bond acceptors (Lipinski definition) is 6. The van der Waals surface area contributed by atoms with Gasteiger partial charge in [0.05, 0.1) is 4.90 Å². The Morgan fingerprint density at radius 3 is 2.21 bits per heavy atom. The number of nitrogens with two attached hydrogens (primary N) is 4. The summed E-state index contributed by atoms with van der Waals surface area (Å²) in [5.74, 6) is -1.85. The highest BCUT2D eigenvalue weighted by molar-refractivity contribution is 7.89. The maximum Gasteiger partial charge on any atom is 0.256 e. The highest BCUT2D eigenvalue weighted by Crippen LogP contribution is 2.16. The molecule has 11 nitrogen and oxygen atoms in total. The maximum absolute atomic E-state index is 13.2. The summed E-state index contributed by atoms with van der Waals surface area (Å²) in [7, 11) is -4.19. The molecule has 2 aromatic rings. The number of carbonyl (C=O) groups excluding carboxylic acids is 2. The lowest BCUT2D eigenvalue weighted by Gasteiger charge is -2.30. The Labute approximate surface area is 199 Å². The fourth-order valence-electron chi connectivity index (χ4n) is 3.15. The predicted octanol–water partition coefficient (Wildman–Crippen LogP) is -0.805. The van der Waals surface area contributed by atoms with Crippen molar-refractivity contribution in [1.29, 1.82) is 0 Å². The Morgan fingerprint density at radius 2 is 1.65 bits per heavy atom. The van der Waals surface area contributed by atoms with Crippen molar-refractivity contribution < 1.29 is 18.0 Å². The van der Waals surface area contributed by atoms with Gasteiger partial charge in [0.15, 0.2) is 11.6 Å². The molecule has 0 radical (unpaired) electrons. The van der Waals surface area contributed by atoms with Crippen LogP contribution in [0, 0.1) is 6.92 Å². The molecule has 2 amide bonds. The molecule has 0 aliphatic heterocycles. The number of rotatable bonds is 12. The van der Waals surface area contributed by atoms with Crippen LogP contribution in [0.5, 0.6) is 0 Å². The van der Waals surface area contributed by atoms with E-state index >= 15 is 0 Å². The summed E-state index contributed by atoms with van der Waals surface area (Å²) in [6, 6.07) is 13.8. The highest BCUT2D eigenvalue weighted by Gasteiger charge is 2.39. The average Bonchev–Trinajstić information content (AvgIpc) is 2.76. The summed E-state index contributed by atoms with van der Waals surface area (Å²) in [6.45, 7) is 1.93. The second kappa shape index (κ2) is 11.6. The van der Waals surface area contributed by atoms with E-state index in [1.54, 1.807) is 36.4 Å². The second-order valence-corrected chi connectivity index (χ2v) is 9.60. The number of sulfonamides is 1. The first-order chi connectivity index (χ1) is 15.9. The zero-order valence-electron chi connectivity index (χ0n) is 18.9. The fraction of sp³-hybridized carbons (Fsp3) is 0.318. The van der Waals surface area contributed by atoms with Gasteiger partial charge in [-0.15, -0.1) is 0 Å². The van der Waals surface area contributed by atoms with Crippen LogP contribution in [0.3, 0.4) is 0 Å². The molecule has 0 heterocycles. The standard InChI is InChI=1S/C22H31N7O4S/c1-15-8-10-17(11-9-15)34(32,33)29-22(26,12-5-13-27-21(24)25)20(31)28-18(19(23)30)14-16-6-3-2-4-7-16/h2-4,6-11,18,29H,5,12-14,26H2,1H3,(H2,23,30)(H,28,31)(H4,24,25,27)/t18-,22+/m0/s1. The SMILES string of the molecule is Cc1ccc(S(=O)(=O)N[C@](N)(CCCN=C(N)N)C(=O)N[C@@H](Cc2ccccc2)C(N)=O)cc1. The smallest absolute Gasteiger partial charge is 0.256 e. The highest BCUT2D eigenvalue weighted by atomic mass is 32.2. The maximum atomic E-state index is 13.2. The first kappa shape index (κ1) is 26.8. The van der Waals surface area contributed by atoms with Gasteiger partial charge in [-0.1, -0.05) is 48.0 Å². The van der Waals surface area contributed by atoms with Crippen LogP contribution < -0.4 is 33.0 Å². The van der Waals surface area contributed by atoms with Crippen LogP contribution in [0.25, 0.3) is 0 Å². The van der Waals surface area contributed by atoms with Gasteiger partial charge in [0.1, 0.15) is 6.04 Å². The summed E-state index contributed by atoms with van der Waals surface area (Å²) in [4.78, 5) is 29.0. The molecular formula is C22H31N7O4S. The molecule has 0 fully saturated rings. The van der Waals surface area contributed by atoms with Gasteiger partial charge in [-0.3, -0.25) is 14.6 Å². The minimum absolute atomic E-state index is 0.0688. The van der Waals surface area contributed by atoms with E-state index in [0.717, 1.165) is 11.1 Å². The van der Waals surface area contributed by atoms with Gasteiger partial charge in [0.25, 0.3) is 5.91 Å². The van der Waals surface area contributed by atoms with E-state index in [0.29, 0.717) is 0 Å². The third-order valence-corrected chi connectivity index (χ3v) is 6.53. The van der Waals surface area contributed by atoms with E-state index in [1.807, 2.05) is 13.0 Å². The molecule has 2 aromatic carbocycles. The van der Waals surface area contributed by atoms with Gasteiger partial charge in [0.2, 0.25) is 15.9 Å². The molecule has 10 N–H and O–H groups in total. The average molecular weight is 490 g/mol. The number of carbonyl (C=O) groups is 2. The van der Waals surface area contributed by atoms with Crippen molar-refractivity contribution in [2.75, 3.05) is 6.54 Å². The van der Waals surface area contributed by atoms with Gasteiger partial charge in [-0.05, 0) is 37.5 Å². The van der Waals surface area contributed by atoms with E-state index in [1.165, 1.54) is 12.1 Å². The largest absolute Gasteiger partial charge is 0.370 e. The number of guanidine groups is 1. The van der Waals surface area contributed by atoms with Gasteiger partial charge >= 0.3 is 0 Å². The monoisotopic (exact) mass is 489 g/mol. The van der Waals surface area contributed by atoms with Crippen molar-refractivity contribution in [3.63, 3.8) is 0 Å². The van der Waals surface area contributed by atoms with Crippen molar-refractivity contribution >= 4 is 27.8 Å². The number of aryl methyl sites for hydroxylation is 1. The summed E-state index contributed by atoms with van der Waals surface area (Å²) in [5.41, 5.74) is 21.9. The zero-order valence-corrected chi connectivity index (χ0v) is 19.7. The molecule has 0 aromatic heterocycles. The van der Waals surface area contributed by atoms with Crippen molar-refractivity contribution in [2.24, 2.45) is 27.9 Å². The molecule has 0 unspecified atom stereocenters. The van der Waals surface area contributed by atoms with E-state index in [-0.39, 0.29) is 36.7 Å². The van der Waals surface area contributed by atoms with Crippen LogP contribution in [0.1, 0.15) is 24.0 Å². The van der Waals surface area contributed by atoms with E-state index in [9.17, 15) is 18.0 Å². The third-order valence-electron chi connectivity index (χ3n) is 5.01. The molecule has 2 atom stereocenters. The van der Waals surface area contributed by atoms with Crippen LogP contribution in [0.15, 0.2) is 64.5 Å². The minimum Gasteiger partial charge on any atom is -0.370 e. The van der Waals surface area contributed by atoms with Crippen molar-refractivity contribution in [2.45, 2.75) is 42.8 Å². The predicted molar refractivity (Wildman–Crippen MR) is 130 cm³/mol. The number of primary amides is 1.